The maximum absolute atomic E-state index is 11.0. The van der Waals surface area contributed by atoms with Crippen LogP contribution < -0.4 is 9.47 Å². The minimum Gasteiger partial charge on any atom is -0.454 e. The molecule has 4 heteroatoms. The predicted octanol–water partition coefficient (Wildman–Crippen LogP) is 2.31. The molecular weight excluding hydrogens is 248 g/mol. The summed E-state index contributed by atoms with van der Waals surface area (Å²) >= 11 is 3.39. The van der Waals surface area contributed by atoms with Crippen LogP contribution in [0.3, 0.4) is 0 Å². The SMILES string of the molecule is CC(=O)Cc1cc2c(cc1Br)OCO2. The van der Waals surface area contributed by atoms with Crippen molar-refractivity contribution in [2.45, 2.75) is 13.3 Å². The molecule has 0 saturated carbocycles. The van der Waals surface area contributed by atoms with Crippen molar-refractivity contribution in [1.82, 2.24) is 0 Å². The van der Waals surface area contributed by atoms with Crippen LogP contribution in [-0.2, 0) is 11.2 Å². The van der Waals surface area contributed by atoms with Crippen LogP contribution in [0.5, 0.6) is 11.5 Å². The number of hydrogen-bond donors (Lipinski definition) is 0. The lowest BCUT2D eigenvalue weighted by Crippen LogP contribution is -1.97. The first-order valence-electron chi connectivity index (χ1n) is 4.24. The molecule has 0 amide bonds. The Morgan fingerprint density at radius 1 is 1.43 bits per heavy atom. The van der Waals surface area contributed by atoms with Crippen molar-refractivity contribution in [1.29, 1.82) is 0 Å². The standard InChI is InChI=1S/C10H9BrO3/c1-6(12)2-7-3-9-10(4-8(7)11)14-5-13-9/h3-4H,2,5H2,1H3. The minimum atomic E-state index is 0.129. The van der Waals surface area contributed by atoms with Gasteiger partial charge in [0.25, 0.3) is 0 Å². The van der Waals surface area contributed by atoms with Crippen molar-refractivity contribution in [3.8, 4) is 11.5 Å². The fourth-order valence-electron chi connectivity index (χ4n) is 1.36. The predicted molar refractivity (Wildman–Crippen MR) is 54.7 cm³/mol. The summed E-state index contributed by atoms with van der Waals surface area (Å²) in [5.41, 5.74) is 0.932. The molecule has 0 radical (unpaired) electrons. The Morgan fingerprint density at radius 3 is 2.71 bits per heavy atom. The van der Waals surface area contributed by atoms with Gasteiger partial charge in [-0.15, -0.1) is 0 Å². The summed E-state index contributed by atoms with van der Waals surface area (Å²) in [5, 5.41) is 0. The molecule has 1 aromatic carbocycles. The van der Waals surface area contributed by atoms with Gasteiger partial charge in [-0.05, 0) is 24.6 Å². The second-order valence-corrected chi connectivity index (χ2v) is 4.03. The van der Waals surface area contributed by atoms with Gasteiger partial charge >= 0.3 is 0 Å². The van der Waals surface area contributed by atoms with E-state index in [2.05, 4.69) is 15.9 Å². The van der Waals surface area contributed by atoms with E-state index in [1.807, 2.05) is 12.1 Å². The normalized spacial score (nSPS) is 13.0. The van der Waals surface area contributed by atoms with Crippen LogP contribution in [0.4, 0.5) is 0 Å². The summed E-state index contributed by atoms with van der Waals surface area (Å²) in [7, 11) is 0. The van der Waals surface area contributed by atoms with Gasteiger partial charge in [0.1, 0.15) is 5.78 Å². The molecule has 1 aromatic rings. The summed E-state index contributed by atoms with van der Waals surface area (Å²) in [6.45, 7) is 1.82. The quantitative estimate of drug-likeness (QED) is 0.815. The van der Waals surface area contributed by atoms with Gasteiger partial charge in [0.15, 0.2) is 11.5 Å². The number of halogens is 1. The summed E-state index contributed by atoms with van der Waals surface area (Å²) < 4.78 is 11.3. The van der Waals surface area contributed by atoms with Gasteiger partial charge in [0, 0.05) is 10.9 Å². The third-order valence-electron chi connectivity index (χ3n) is 1.98. The number of carbonyl (C=O) groups is 1. The van der Waals surface area contributed by atoms with Crippen molar-refractivity contribution in [3.05, 3.63) is 22.2 Å². The Hall–Kier alpha value is -1.03. The Kier molecular flexibility index (Phi) is 2.46. The molecule has 0 bridgehead atoms. The summed E-state index contributed by atoms with van der Waals surface area (Å²) in [6.07, 6.45) is 0.414. The zero-order chi connectivity index (χ0) is 10.1. The molecule has 0 aliphatic carbocycles. The summed E-state index contributed by atoms with van der Waals surface area (Å²) in [6, 6.07) is 3.68. The highest BCUT2D eigenvalue weighted by atomic mass is 79.9. The maximum Gasteiger partial charge on any atom is 0.231 e. The van der Waals surface area contributed by atoms with Crippen LogP contribution in [0.15, 0.2) is 16.6 Å². The molecule has 0 spiro atoms. The zero-order valence-electron chi connectivity index (χ0n) is 7.67. The van der Waals surface area contributed by atoms with E-state index in [9.17, 15) is 4.79 Å². The number of fused-ring (bicyclic) bond motifs is 1. The average molecular weight is 257 g/mol. The molecule has 0 unspecified atom stereocenters. The van der Waals surface area contributed by atoms with Crippen LogP contribution in [0.25, 0.3) is 0 Å². The Morgan fingerprint density at radius 2 is 2.07 bits per heavy atom. The molecule has 0 saturated heterocycles. The van der Waals surface area contributed by atoms with Gasteiger partial charge in [-0.25, -0.2) is 0 Å². The lowest BCUT2D eigenvalue weighted by atomic mass is 10.1. The molecule has 3 nitrogen and oxygen atoms in total. The van der Waals surface area contributed by atoms with Crippen molar-refractivity contribution >= 4 is 21.7 Å². The second kappa shape index (κ2) is 3.61. The van der Waals surface area contributed by atoms with Gasteiger partial charge in [-0.2, -0.15) is 0 Å². The van der Waals surface area contributed by atoms with Crippen LogP contribution in [0.2, 0.25) is 0 Å². The van der Waals surface area contributed by atoms with E-state index in [0.29, 0.717) is 12.2 Å². The third-order valence-corrected chi connectivity index (χ3v) is 2.72. The number of benzene rings is 1. The van der Waals surface area contributed by atoms with E-state index < -0.39 is 0 Å². The monoisotopic (exact) mass is 256 g/mol. The van der Waals surface area contributed by atoms with Crippen molar-refractivity contribution in [3.63, 3.8) is 0 Å². The first-order chi connectivity index (χ1) is 6.66. The molecule has 0 N–H and O–H groups in total. The first kappa shape index (κ1) is 9.52. The highest BCUT2D eigenvalue weighted by Gasteiger charge is 2.16. The number of ketones is 1. The lowest BCUT2D eigenvalue weighted by molar-refractivity contribution is -0.116. The van der Waals surface area contributed by atoms with Gasteiger partial charge in [-0.3, -0.25) is 4.79 Å². The van der Waals surface area contributed by atoms with Gasteiger partial charge in [-0.1, -0.05) is 15.9 Å². The lowest BCUT2D eigenvalue weighted by Gasteiger charge is -2.03. The van der Waals surface area contributed by atoms with Gasteiger partial charge < -0.3 is 9.47 Å². The first-order valence-corrected chi connectivity index (χ1v) is 5.03. The van der Waals surface area contributed by atoms with E-state index in [0.717, 1.165) is 15.8 Å². The van der Waals surface area contributed by atoms with Crippen LogP contribution in [0.1, 0.15) is 12.5 Å². The summed E-state index contributed by atoms with van der Waals surface area (Å²) in [5.74, 6) is 1.57. The molecule has 0 atom stereocenters. The van der Waals surface area contributed by atoms with Crippen LogP contribution in [-0.4, -0.2) is 12.6 Å². The fourth-order valence-corrected chi connectivity index (χ4v) is 1.83. The van der Waals surface area contributed by atoms with E-state index in [1.54, 1.807) is 6.92 Å². The van der Waals surface area contributed by atoms with E-state index >= 15 is 0 Å². The third kappa shape index (κ3) is 1.75. The number of Topliss-reactive ketones (excluding diaryl/α,β-unsaturated/α-hetero) is 1. The summed E-state index contributed by atoms with van der Waals surface area (Å²) in [4.78, 5) is 11.0. The highest BCUT2D eigenvalue weighted by molar-refractivity contribution is 9.10. The molecule has 1 aliphatic rings. The smallest absolute Gasteiger partial charge is 0.231 e. The van der Waals surface area contributed by atoms with Crippen molar-refractivity contribution in [2.24, 2.45) is 0 Å². The number of rotatable bonds is 2. The molecule has 2 rings (SSSR count). The van der Waals surface area contributed by atoms with Crippen molar-refractivity contribution in [2.75, 3.05) is 6.79 Å². The topological polar surface area (TPSA) is 35.5 Å². The number of ether oxygens (including phenoxy) is 2. The van der Waals surface area contributed by atoms with Crippen LogP contribution >= 0.6 is 15.9 Å². The molecular formula is C10H9BrO3. The van der Waals surface area contributed by atoms with Gasteiger partial charge in [0.05, 0.1) is 0 Å². The number of carbonyl (C=O) groups excluding carboxylic acids is 1. The largest absolute Gasteiger partial charge is 0.454 e. The molecule has 0 fully saturated rings. The second-order valence-electron chi connectivity index (χ2n) is 3.18. The maximum atomic E-state index is 11.0. The molecule has 1 aliphatic heterocycles. The zero-order valence-corrected chi connectivity index (χ0v) is 9.26. The fraction of sp³-hybridized carbons (Fsp3) is 0.300. The Labute approximate surface area is 90.1 Å². The van der Waals surface area contributed by atoms with E-state index in [1.165, 1.54) is 0 Å². The van der Waals surface area contributed by atoms with E-state index in [4.69, 9.17) is 9.47 Å². The minimum absolute atomic E-state index is 0.129. The molecule has 14 heavy (non-hydrogen) atoms. The number of hydrogen-bond acceptors (Lipinski definition) is 3. The molecule has 0 aromatic heterocycles. The Bertz CT molecular complexity index is 387. The van der Waals surface area contributed by atoms with E-state index in [-0.39, 0.29) is 12.6 Å². The van der Waals surface area contributed by atoms with Crippen LogP contribution in [0, 0.1) is 0 Å². The van der Waals surface area contributed by atoms with Crippen molar-refractivity contribution < 1.29 is 14.3 Å². The Balaban J connectivity index is 2.37. The van der Waals surface area contributed by atoms with Gasteiger partial charge in [0.2, 0.25) is 6.79 Å². The average Bonchev–Trinajstić information content (AvgIpc) is 2.51. The molecule has 74 valence electrons. The highest BCUT2D eigenvalue weighted by Crippen LogP contribution is 2.37. The molecule has 1 heterocycles.